The molecule has 2 unspecified atom stereocenters. The number of nitrogens with zero attached hydrogens (tertiary/aromatic N) is 4. The topological polar surface area (TPSA) is 101 Å². The van der Waals surface area contributed by atoms with Crippen LogP contribution in [0.4, 0.5) is 0 Å². The van der Waals surface area contributed by atoms with Crippen LogP contribution in [0.2, 0.25) is 0 Å². The quantitative estimate of drug-likeness (QED) is 0.809. The maximum absolute atomic E-state index is 11.1. The molecule has 1 heterocycles. The van der Waals surface area contributed by atoms with Crippen LogP contribution in [0, 0.1) is 0 Å². The average molecular weight is 248 g/mol. The van der Waals surface area contributed by atoms with Crippen molar-refractivity contribution in [3.8, 4) is 11.4 Å². The molecule has 0 amide bonds. The Bertz CT molecular complexity index is 538. The summed E-state index contributed by atoms with van der Waals surface area (Å²) in [6.45, 7) is 1.38. The Morgan fingerprint density at radius 2 is 2.00 bits per heavy atom. The molecule has 0 fully saturated rings. The van der Waals surface area contributed by atoms with Gasteiger partial charge in [0.25, 0.3) is 0 Å². The molecule has 0 saturated heterocycles. The maximum Gasteiger partial charge on any atom is 0.331 e. The number of carboxylic acids is 1. The van der Waals surface area contributed by atoms with Crippen molar-refractivity contribution in [2.75, 3.05) is 0 Å². The van der Waals surface area contributed by atoms with Crippen LogP contribution >= 0.6 is 0 Å². The van der Waals surface area contributed by atoms with Crippen molar-refractivity contribution in [2.24, 2.45) is 0 Å². The first-order chi connectivity index (χ1) is 8.61. The molecule has 0 aliphatic carbocycles. The van der Waals surface area contributed by atoms with Crippen LogP contribution < -0.4 is 0 Å². The van der Waals surface area contributed by atoms with E-state index in [1.54, 1.807) is 24.3 Å². The Labute approximate surface area is 103 Å². The van der Waals surface area contributed by atoms with Crippen LogP contribution in [0.3, 0.4) is 0 Å². The zero-order chi connectivity index (χ0) is 13.1. The van der Waals surface area contributed by atoms with E-state index < -0.39 is 18.1 Å². The van der Waals surface area contributed by atoms with Gasteiger partial charge in [-0.25, -0.2) is 9.48 Å². The van der Waals surface area contributed by atoms with Crippen LogP contribution in [-0.2, 0) is 4.79 Å². The molecule has 1 aromatic heterocycles. The number of aliphatic carboxylic acids is 1. The predicted molar refractivity (Wildman–Crippen MR) is 61.6 cm³/mol. The number of hydrogen-bond acceptors (Lipinski definition) is 5. The van der Waals surface area contributed by atoms with Crippen molar-refractivity contribution < 1.29 is 15.0 Å². The van der Waals surface area contributed by atoms with Crippen LogP contribution in [-0.4, -0.2) is 42.5 Å². The minimum Gasteiger partial charge on any atom is -0.480 e. The maximum atomic E-state index is 11.1. The van der Waals surface area contributed by atoms with Gasteiger partial charge in [-0.2, -0.15) is 0 Å². The molecule has 2 aromatic rings. The van der Waals surface area contributed by atoms with E-state index in [4.69, 9.17) is 5.11 Å². The first-order valence-electron chi connectivity index (χ1n) is 5.35. The summed E-state index contributed by atoms with van der Waals surface area (Å²) in [5, 5.41) is 29.6. The number of aliphatic hydroxyl groups excluding tert-OH is 1. The third-order valence-corrected chi connectivity index (χ3v) is 2.50. The van der Waals surface area contributed by atoms with Gasteiger partial charge in [0.15, 0.2) is 11.9 Å². The number of carbonyl (C=O) groups is 1. The van der Waals surface area contributed by atoms with Gasteiger partial charge in [-0.3, -0.25) is 0 Å². The van der Waals surface area contributed by atoms with Crippen LogP contribution in [0.25, 0.3) is 11.4 Å². The van der Waals surface area contributed by atoms with Gasteiger partial charge in [-0.05, 0) is 17.4 Å². The van der Waals surface area contributed by atoms with E-state index in [-0.39, 0.29) is 0 Å². The molecule has 2 N–H and O–H groups in total. The normalized spacial score (nSPS) is 14.1. The lowest BCUT2D eigenvalue weighted by Gasteiger charge is -2.16. The molecule has 7 heteroatoms. The smallest absolute Gasteiger partial charge is 0.331 e. The highest BCUT2D eigenvalue weighted by atomic mass is 16.4. The summed E-state index contributed by atoms with van der Waals surface area (Å²) in [5.74, 6) is -0.876. The van der Waals surface area contributed by atoms with Gasteiger partial charge in [-0.15, -0.1) is 5.10 Å². The molecule has 0 saturated carbocycles. The molecular formula is C11H12N4O3. The lowest BCUT2D eigenvalue weighted by molar-refractivity contribution is -0.144. The largest absolute Gasteiger partial charge is 0.480 e. The van der Waals surface area contributed by atoms with Gasteiger partial charge < -0.3 is 10.2 Å². The standard InChI is InChI=1S/C11H12N4O3/c1-7(16)9(11(17)18)15-10(12-13-14-15)8-5-3-2-4-6-8/h2-7,9,16H,1H3,(H,17,18). The van der Waals surface area contributed by atoms with E-state index in [0.717, 1.165) is 4.68 Å². The number of tetrazole rings is 1. The third-order valence-electron chi connectivity index (χ3n) is 2.50. The van der Waals surface area contributed by atoms with Crippen molar-refractivity contribution in [3.05, 3.63) is 30.3 Å². The van der Waals surface area contributed by atoms with Crippen molar-refractivity contribution in [1.29, 1.82) is 0 Å². The van der Waals surface area contributed by atoms with Crippen LogP contribution in [0.5, 0.6) is 0 Å². The molecule has 7 nitrogen and oxygen atoms in total. The minimum atomic E-state index is -1.21. The minimum absolute atomic E-state index is 0.309. The lowest BCUT2D eigenvalue weighted by Crippen LogP contribution is -2.30. The highest BCUT2D eigenvalue weighted by Crippen LogP contribution is 2.20. The van der Waals surface area contributed by atoms with Crippen molar-refractivity contribution in [2.45, 2.75) is 19.1 Å². The molecular weight excluding hydrogens is 236 g/mol. The summed E-state index contributed by atoms with van der Waals surface area (Å²) in [6, 6.07) is 7.75. The molecule has 2 rings (SSSR count). The number of benzene rings is 1. The fourth-order valence-electron chi connectivity index (χ4n) is 1.67. The fraction of sp³-hybridized carbons (Fsp3) is 0.273. The summed E-state index contributed by atoms with van der Waals surface area (Å²) in [4.78, 5) is 11.1. The van der Waals surface area contributed by atoms with E-state index in [9.17, 15) is 9.90 Å². The fourth-order valence-corrected chi connectivity index (χ4v) is 1.67. The lowest BCUT2D eigenvalue weighted by atomic mass is 10.1. The molecule has 0 radical (unpaired) electrons. The number of rotatable bonds is 4. The molecule has 1 aromatic carbocycles. The van der Waals surface area contributed by atoms with E-state index >= 15 is 0 Å². The zero-order valence-electron chi connectivity index (χ0n) is 9.63. The third kappa shape index (κ3) is 2.21. The molecule has 0 spiro atoms. The van der Waals surface area contributed by atoms with Crippen molar-refractivity contribution >= 4 is 5.97 Å². The average Bonchev–Trinajstić information content (AvgIpc) is 2.78. The number of hydrogen-bond donors (Lipinski definition) is 2. The molecule has 0 bridgehead atoms. The molecule has 0 aliphatic heterocycles. The zero-order valence-corrected chi connectivity index (χ0v) is 9.63. The SMILES string of the molecule is CC(O)C(C(=O)O)n1nnnc1-c1ccccc1. The Balaban J connectivity index is 2.47. The number of carboxylic acid groups (broad SMARTS) is 1. The molecule has 2 atom stereocenters. The van der Waals surface area contributed by atoms with E-state index in [0.29, 0.717) is 11.4 Å². The van der Waals surface area contributed by atoms with Crippen LogP contribution in [0.15, 0.2) is 30.3 Å². The summed E-state index contributed by atoms with van der Waals surface area (Å²) in [6.07, 6.45) is -1.10. The second kappa shape index (κ2) is 4.92. The summed E-state index contributed by atoms with van der Waals surface area (Å²) in [7, 11) is 0. The molecule has 94 valence electrons. The van der Waals surface area contributed by atoms with Gasteiger partial charge in [0.05, 0.1) is 6.10 Å². The monoisotopic (exact) mass is 248 g/mol. The second-order valence-electron chi connectivity index (χ2n) is 3.84. The van der Waals surface area contributed by atoms with Crippen molar-refractivity contribution in [3.63, 3.8) is 0 Å². The van der Waals surface area contributed by atoms with E-state index in [1.165, 1.54) is 6.92 Å². The van der Waals surface area contributed by atoms with E-state index in [2.05, 4.69) is 15.5 Å². The van der Waals surface area contributed by atoms with Gasteiger partial charge >= 0.3 is 5.97 Å². The van der Waals surface area contributed by atoms with Crippen LogP contribution in [0.1, 0.15) is 13.0 Å². The summed E-state index contributed by atoms with van der Waals surface area (Å²) < 4.78 is 1.11. The van der Waals surface area contributed by atoms with Gasteiger partial charge in [0.2, 0.25) is 0 Å². The Hall–Kier alpha value is -2.28. The molecule has 0 aliphatic rings. The first-order valence-corrected chi connectivity index (χ1v) is 5.35. The van der Waals surface area contributed by atoms with E-state index in [1.807, 2.05) is 6.07 Å². The van der Waals surface area contributed by atoms with Gasteiger partial charge in [0.1, 0.15) is 0 Å². The Morgan fingerprint density at radius 1 is 1.33 bits per heavy atom. The number of aromatic nitrogens is 4. The highest BCUT2D eigenvalue weighted by Gasteiger charge is 2.29. The van der Waals surface area contributed by atoms with Gasteiger partial charge in [0, 0.05) is 5.56 Å². The summed E-state index contributed by atoms with van der Waals surface area (Å²) >= 11 is 0. The Kier molecular flexibility index (Phi) is 3.33. The first kappa shape index (κ1) is 12.2. The Morgan fingerprint density at radius 3 is 2.56 bits per heavy atom. The summed E-state index contributed by atoms with van der Waals surface area (Å²) in [5.41, 5.74) is 0.689. The number of aliphatic hydroxyl groups is 1. The second-order valence-corrected chi connectivity index (χ2v) is 3.84. The molecule has 18 heavy (non-hydrogen) atoms. The van der Waals surface area contributed by atoms with Gasteiger partial charge in [-0.1, -0.05) is 30.3 Å². The van der Waals surface area contributed by atoms with Crippen molar-refractivity contribution in [1.82, 2.24) is 20.2 Å². The predicted octanol–water partition coefficient (Wildman–Crippen LogP) is 0.347. The highest BCUT2D eigenvalue weighted by molar-refractivity contribution is 5.73.